The Balaban J connectivity index is 1.69. The standard InChI is InChI=1S/C14H15BrN6O/c1-2-3-4-12-16-13(22-19-12)9-21-18-14(17-20-21)10-5-7-11(15)8-6-10/h5-8H,2-4,9H2,1H3. The van der Waals surface area contributed by atoms with Crippen LogP contribution in [0.2, 0.25) is 0 Å². The van der Waals surface area contributed by atoms with Crippen LogP contribution >= 0.6 is 15.9 Å². The highest BCUT2D eigenvalue weighted by molar-refractivity contribution is 9.10. The number of nitrogens with zero attached hydrogens (tertiary/aromatic N) is 6. The molecule has 0 bridgehead atoms. The molecule has 0 aliphatic carbocycles. The van der Waals surface area contributed by atoms with Crippen molar-refractivity contribution in [1.82, 2.24) is 30.3 Å². The molecule has 2 aromatic heterocycles. The van der Waals surface area contributed by atoms with E-state index in [-0.39, 0.29) is 0 Å². The number of hydrogen-bond donors (Lipinski definition) is 0. The Labute approximate surface area is 135 Å². The summed E-state index contributed by atoms with van der Waals surface area (Å²) in [7, 11) is 0. The summed E-state index contributed by atoms with van der Waals surface area (Å²) in [6, 6.07) is 7.74. The third-order valence-electron chi connectivity index (χ3n) is 3.10. The van der Waals surface area contributed by atoms with Crippen molar-refractivity contribution >= 4 is 15.9 Å². The molecule has 0 unspecified atom stereocenters. The predicted octanol–water partition coefficient (Wildman–Crippen LogP) is 2.88. The lowest BCUT2D eigenvalue weighted by molar-refractivity contribution is 0.352. The highest BCUT2D eigenvalue weighted by atomic mass is 79.9. The van der Waals surface area contributed by atoms with E-state index in [4.69, 9.17) is 4.52 Å². The molecule has 0 fully saturated rings. The first-order chi connectivity index (χ1) is 10.7. The van der Waals surface area contributed by atoms with Gasteiger partial charge in [-0.05, 0) is 35.9 Å². The first-order valence-corrected chi connectivity index (χ1v) is 7.89. The van der Waals surface area contributed by atoms with Crippen LogP contribution in [-0.4, -0.2) is 30.3 Å². The molecule has 0 radical (unpaired) electrons. The third-order valence-corrected chi connectivity index (χ3v) is 3.62. The van der Waals surface area contributed by atoms with Crippen LogP contribution in [-0.2, 0) is 13.0 Å². The smallest absolute Gasteiger partial charge is 0.250 e. The second-order valence-electron chi connectivity index (χ2n) is 4.86. The minimum atomic E-state index is 0.322. The van der Waals surface area contributed by atoms with Gasteiger partial charge in [0.15, 0.2) is 5.82 Å². The Morgan fingerprint density at radius 1 is 1.23 bits per heavy atom. The second kappa shape index (κ2) is 6.78. The van der Waals surface area contributed by atoms with Crippen LogP contribution < -0.4 is 0 Å². The van der Waals surface area contributed by atoms with E-state index in [1.54, 1.807) is 0 Å². The maximum atomic E-state index is 5.20. The summed E-state index contributed by atoms with van der Waals surface area (Å²) in [5, 5.41) is 16.3. The molecule has 2 heterocycles. The van der Waals surface area contributed by atoms with Crippen molar-refractivity contribution in [1.29, 1.82) is 0 Å². The zero-order valence-electron chi connectivity index (χ0n) is 12.1. The number of hydrogen-bond acceptors (Lipinski definition) is 6. The molecule has 0 N–H and O–H groups in total. The van der Waals surface area contributed by atoms with Crippen molar-refractivity contribution in [3.63, 3.8) is 0 Å². The summed E-state index contributed by atoms with van der Waals surface area (Å²) >= 11 is 3.40. The Morgan fingerprint density at radius 2 is 2.05 bits per heavy atom. The van der Waals surface area contributed by atoms with Gasteiger partial charge in [0.2, 0.25) is 11.7 Å². The van der Waals surface area contributed by atoms with E-state index in [2.05, 4.69) is 48.4 Å². The second-order valence-corrected chi connectivity index (χ2v) is 5.77. The molecule has 3 rings (SSSR count). The Bertz CT molecular complexity index is 736. The topological polar surface area (TPSA) is 82.5 Å². The van der Waals surface area contributed by atoms with Gasteiger partial charge in [0.25, 0.3) is 0 Å². The van der Waals surface area contributed by atoms with Gasteiger partial charge in [-0.15, -0.1) is 10.2 Å². The van der Waals surface area contributed by atoms with Crippen molar-refractivity contribution < 1.29 is 4.52 Å². The quantitative estimate of drug-likeness (QED) is 0.670. The Morgan fingerprint density at radius 3 is 2.82 bits per heavy atom. The van der Waals surface area contributed by atoms with E-state index in [1.165, 1.54) is 4.80 Å². The first-order valence-electron chi connectivity index (χ1n) is 7.10. The van der Waals surface area contributed by atoms with Gasteiger partial charge in [-0.3, -0.25) is 0 Å². The molecule has 0 spiro atoms. The Kier molecular flexibility index (Phi) is 4.57. The number of aromatic nitrogens is 6. The van der Waals surface area contributed by atoms with Crippen molar-refractivity contribution in [3.05, 3.63) is 40.5 Å². The summed E-state index contributed by atoms with van der Waals surface area (Å²) in [6.07, 6.45) is 2.98. The minimum Gasteiger partial charge on any atom is -0.337 e. The number of benzene rings is 1. The van der Waals surface area contributed by atoms with Crippen LogP contribution in [0.5, 0.6) is 0 Å². The number of halogens is 1. The number of tetrazole rings is 1. The lowest BCUT2D eigenvalue weighted by Gasteiger charge is -1.94. The van der Waals surface area contributed by atoms with Gasteiger partial charge in [0.05, 0.1) is 0 Å². The molecule has 1 aromatic carbocycles. The van der Waals surface area contributed by atoms with E-state index in [0.29, 0.717) is 18.3 Å². The summed E-state index contributed by atoms with van der Waals surface area (Å²) in [5.74, 6) is 1.79. The molecule has 0 saturated carbocycles. The minimum absolute atomic E-state index is 0.322. The fourth-order valence-corrected chi connectivity index (χ4v) is 2.20. The normalized spacial score (nSPS) is 11.0. The molecule has 0 atom stereocenters. The molecule has 3 aromatic rings. The molecular weight excluding hydrogens is 348 g/mol. The maximum Gasteiger partial charge on any atom is 0.250 e. The number of rotatable bonds is 6. The van der Waals surface area contributed by atoms with Gasteiger partial charge in [0, 0.05) is 16.5 Å². The zero-order valence-corrected chi connectivity index (χ0v) is 13.7. The van der Waals surface area contributed by atoms with E-state index in [9.17, 15) is 0 Å². The average molecular weight is 363 g/mol. The van der Waals surface area contributed by atoms with E-state index in [1.807, 2.05) is 24.3 Å². The van der Waals surface area contributed by atoms with Gasteiger partial charge < -0.3 is 4.52 Å². The van der Waals surface area contributed by atoms with Crippen LogP contribution in [0.15, 0.2) is 33.3 Å². The lowest BCUT2D eigenvalue weighted by atomic mass is 10.2. The summed E-state index contributed by atoms with van der Waals surface area (Å²) in [6.45, 7) is 2.45. The van der Waals surface area contributed by atoms with Crippen molar-refractivity contribution in [2.75, 3.05) is 0 Å². The maximum absolute atomic E-state index is 5.20. The monoisotopic (exact) mass is 362 g/mol. The van der Waals surface area contributed by atoms with Crippen molar-refractivity contribution in [2.45, 2.75) is 32.7 Å². The fourth-order valence-electron chi connectivity index (χ4n) is 1.94. The van der Waals surface area contributed by atoms with Crippen LogP contribution in [0.25, 0.3) is 11.4 Å². The van der Waals surface area contributed by atoms with Gasteiger partial charge in [-0.1, -0.05) is 34.4 Å². The van der Waals surface area contributed by atoms with Gasteiger partial charge >= 0.3 is 0 Å². The molecule has 0 aliphatic rings. The molecule has 22 heavy (non-hydrogen) atoms. The van der Waals surface area contributed by atoms with Gasteiger partial charge in [-0.2, -0.15) is 9.78 Å². The molecule has 0 aliphatic heterocycles. The SMILES string of the molecule is CCCCc1noc(Cn2nnc(-c3ccc(Br)cc3)n2)n1. The summed E-state index contributed by atoms with van der Waals surface area (Å²) in [4.78, 5) is 5.78. The van der Waals surface area contributed by atoms with E-state index < -0.39 is 0 Å². The first kappa shape index (κ1) is 14.8. The number of unbranched alkanes of at least 4 members (excludes halogenated alkanes) is 1. The molecule has 114 valence electrons. The van der Waals surface area contributed by atoms with Crippen LogP contribution in [0.3, 0.4) is 0 Å². The third kappa shape index (κ3) is 3.56. The molecule has 8 heteroatoms. The average Bonchev–Trinajstić information content (AvgIpc) is 3.16. The lowest BCUT2D eigenvalue weighted by Crippen LogP contribution is -2.04. The van der Waals surface area contributed by atoms with Crippen molar-refractivity contribution in [3.8, 4) is 11.4 Å². The van der Waals surface area contributed by atoms with Crippen LogP contribution in [0.4, 0.5) is 0 Å². The highest BCUT2D eigenvalue weighted by Gasteiger charge is 2.10. The summed E-state index contributed by atoms with van der Waals surface area (Å²) < 4.78 is 6.21. The van der Waals surface area contributed by atoms with E-state index >= 15 is 0 Å². The highest BCUT2D eigenvalue weighted by Crippen LogP contribution is 2.17. The predicted molar refractivity (Wildman–Crippen MR) is 83.0 cm³/mol. The van der Waals surface area contributed by atoms with Crippen LogP contribution in [0.1, 0.15) is 31.5 Å². The van der Waals surface area contributed by atoms with Crippen molar-refractivity contribution in [2.24, 2.45) is 0 Å². The molecular formula is C14H15BrN6O. The van der Waals surface area contributed by atoms with Gasteiger partial charge in [-0.25, -0.2) is 0 Å². The Hall–Kier alpha value is -2.09. The molecule has 0 saturated heterocycles. The van der Waals surface area contributed by atoms with Gasteiger partial charge in [0.1, 0.15) is 6.54 Å². The van der Waals surface area contributed by atoms with E-state index in [0.717, 1.165) is 35.1 Å². The summed E-state index contributed by atoms with van der Waals surface area (Å²) in [5.41, 5.74) is 0.906. The zero-order chi connectivity index (χ0) is 15.4. The molecule has 0 amide bonds. The fraction of sp³-hybridized carbons (Fsp3) is 0.357. The van der Waals surface area contributed by atoms with Crippen LogP contribution in [0, 0.1) is 0 Å². The number of aryl methyl sites for hydroxylation is 1. The largest absolute Gasteiger partial charge is 0.337 e. The molecule has 7 nitrogen and oxygen atoms in total.